The Bertz CT molecular complexity index is 632. The summed E-state index contributed by atoms with van der Waals surface area (Å²) in [5.74, 6) is 0.698. The van der Waals surface area contributed by atoms with Gasteiger partial charge in [0.2, 0.25) is 0 Å². The van der Waals surface area contributed by atoms with E-state index >= 15 is 0 Å². The second-order valence-corrected chi connectivity index (χ2v) is 4.68. The predicted molar refractivity (Wildman–Crippen MR) is 68.9 cm³/mol. The molecule has 90 valence electrons. The Balaban J connectivity index is 2.02. The number of hydrogen-bond donors (Lipinski definition) is 0. The van der Waals surface area contributed by atoms with Crippen LogP contribution in [0.2, 0.25) is 0 Å². The summed E-state index contributed by atoms with van der Waals surface area (Å²) in [7, 11) is 0. The van der Waals surface area contributed by atoms with Crippen LogP contribution in [0.1, 0.15) is 21.6 Å². The quantitative estimate of drug-likeness (QED) is 0.737. The van der Waals surface area contributed by atoms with Crippen LogP contribution < -0.4 is 4.74 Å². The van der Waals surface area contributed by atoms with Crippen molar-refractivity contribution in [2.24, 2.45) is 0 Å². The summed E-state index contributed by atoms with van der Waals surface area (Å²) in [5.41, 5.74) is 2.91. The number of rotatable bonds is 1. The largest absolute Gasteiger partial charge is 0.488 e. The van der Waals surface area contributed by atoms with Gasteiger partial charge in [0.1, 0.15) is 12.4 Å². The van der Waals surface area contributed by atoms with Crippen molar-refractivity contribution in [2.75, 3.05) is 6.61 Å². The number of aromatic nitrogens is 2. The highest BCUT2D eigenvalue weighted by Crippen LogP contribution is 2.30. The molecular weight excluding hydrogens is 248 g/mol. The van der Waals surface area contributed by atoms with E-state index in [-0.39, 0.29) is 12.4 Å². The lowest BCUT2D eigenvalue weighted by Gasteiger charge is -2.20. The summed E-state index contributed by atoms with van der Waals surface area (Å²) in [6, 6.07) is 5.59. The van der Waals surface area contributed by atoms with E-state index in [0.717, 1.165) is 5.56 Å². The van der Waals surface area contributed by atoms with Gasteiger partial charge in [-0.25, -0.2) is 0 Å². The monoisotopic (exact) mass is 258 g/mol. The van der Waals surface area contributed by atoms with Gasteiger partial charge in [0.05, 0.1) is 11.3 Å². The first kappa shape index (κ1) is 11.1. The summed E-state index contributed by atoms with van der Waals surface area (Å²) in [6.45, 7) is 2.22. The summed E-state index contributed by atoms with van der Waals surface area (Å²) >= 11 is 1.26. The molecule has 0 saturated carbocycles. The van der Waals surface area contributed by atoms with E-state index in [2.05, 4.69) is 9.59 Å². The Morgan fingerprint density at radius 2 is 2.33 bits per heavy atom. The van der Waals surface area contributed by atoms with Gasteiger partial charge < -0.3 is 4.74 Å². The Morgan fingerprint density at radius 3 is 3.11 bits per heavy atom. The van der Waals surface area contributed by atoms with Crippen molar-refractivity contribution in [2.45, 2.75) is 6.92 Å². The predicted octanol–water partition coefficient (Wildman–Crippen LogP) is 2.51. The number of para-hydroxylation sites is 1. The maximum absolute atomic E-state index is 12.3. The molecule has 0 saturated heterocycles. The van der Waals surface area contributed by atoms with Gasteiger partial charge in [-0.1, -0.05) is 16.6 Å². The molecule has 18 heavy (non-hydrogen) atoms. The minimum atomic E-state index is 0.00736. The first-order valence-corrected chi connectivity index (χ1v) is 6.34. The molecule has 1 aromatic heterocycles. The molecule has 2 heterocycles. The number of fused-ring (bicyclic) bond motifs is 1. The molecule has 2 aromatic rings. The molecule has 1 aliphatic rings. The third-order valence-corrected chi connectivity index (χ3v) is 3.34. The van der Waals surface area contributed by atoms with Gasteiger partial charge in [-0.05, 0) is 36.2 Å². The number of aryl methyl sites for hydroxylation is 1. The van der Waals surface area contributed by atoms with Crippen molar-refractivity contribution in [3.05, 3.63) is 46.0 Å². The number of carbonyl (C=O) groups is 1. The van der Waals surface area contributed by atoms with Gasteiger partial charge in [-0.15, -0.1) is 5.10 Å². The number of Topliss-reactive ketones (excluding diaryl/α,β-unsaturated/α-hetero) is 1. The van der Waals surface area contributed by atoms with Crippen LogP contribution in [0.4, 0.5) is 0 Å². The molecular formula is C13H10N2O2S. The zero-order valence-corrected chi connectivity index (χ0v) is 10.5. The zero-order chi connectivity index (χ0) is 12.5. The average Bonchev–Trinajstić information content (AvgIpc) is 2.86. The van der Waals surface area contributed by atoms with Crippen LogP contribution >= 0.6 is 11.5 Å². The van der Waals surface area contributed by atoms with Gasteiger partial charge >= 0.3 is 0 Å². The van der Waals surface area contributed by atoms with Crippen LogP contribution in [-0.2, 0) is 0 Å². The number of nitrogens with zero attached hydrogens (tertiary/aromatic N) is 2. The van der Waals surface area contributed by atoms with E-state index in [1.165, 1.54) is 11.5 Å². The standard InChI is InChI=1S/C13H10N2O2S/c1-8-3-2-4-11-12(16)9(6-17-13(8)11)5-10-7-18-15-14-10/h2-5,7H,6H2,1H3/b9-5+. The maximum atomic E-state index is 12.3. The molecule has 1 aromatic carbocycles. The first-order chi connectivity index (χ1) is 8.75. The molecule has 0 N–H and O–H groups in total. The summed E-state index contributed by atoms with van der Waals surface area (Å²) in [4.78, 5) is 12.3. The van der Waals surface area contributed by atoms with Gasteiger partial charge in [0.15, 0.2) is 5.78 Å². The minimum Gasteiger partial charge on any atom is -0.488 e. The molecule has 0 fully saturated rings. The smallest absolute Gasteiger partial charge is 0.196 e. The van der Waals surface area contributed by atoms with Crippen LogP contribution in [0.3, 0.4) is 0 Å². The SMILES string of the molecule is Cc1cccc2c1OC/C(=C\c1csnn1)C2=O. The van der Waals surface area contributed by atoms with Crippen molar-refractivity contribution in [1.82, 2.24) is 9.59 Å². The van der Waals surface area contributed by atoms with Crippen LogP contribution in [-0.4, -0.2) is 22.0 Å². The first-order valence-electron chi connectivity index (χ1n) is 5.50. The van der Waals surface area contributed by atoms with Crippen molar-refractivity contribution in [3.63, 3.8) is 0 Å². The van der Waals surface area contributed by atoms with Crippen LogP contribution in [0.5, 0.6) is 5.75 Å². The second-order valence-electron chi connectivity index (χ2n) is 4.07. The normalized spacial score (nSPS) is 16.5. The lowest BCUT2D eigenvalue weighted by Crippen LogP contribution is -2.19. The van der Waals surface area contributed by atoms with E-state index in [9.17, 15) is 4.79 Å². The van der Waals surface area contributed by atoms with Crippen molar-refractivity contribution in [3.8, 4) is 5.75 Å². The Kier molecular flexibility index (Phi) is 2.68. The van der Waals surface area contributed by atoms with E-state index < -0.39 is 0 Å². The number of carbonyl (C=O) groups excluding carboxylic acids is 1. The molecule has 3 rings (SSSR count). The van der Waals surface area contributed by atoms with Crippen molar-refractivity contribution in [1.29, 1.82) is 0 Å². The summed E-state index contributed by atoms with van der Waals surface area (Å²) in [6.07, 6.45) is 1.73. The molecule has 1 aliphatic heterocycles. The van der Waals surface area contributed by atoms with Gasteiger partial charge in [-0.3, -0.25) is 4.79 Å². The second kappa shape index (κ2) is 4.34. The molecule has 4 nitrogen and oxygen atoms in total. The van der Waals surface area contributed by atoms with Crippen LogP contribution in [0.15, 0.2) is 29.2 Å². The van der Waals surface area contributed by atoms with Crippen LogP contribution in [0, 0.1) is 6.92 Å². The Labute approximate surface area is 108 Å². The molecule has 5 heteroatoms. The highest BCUT2D eigenvalue weighted by molar-refractivity contribution is 7.03. The minimum absolute atomic E-state index is 0.00736. The molecule has 0 unspecified atom stereocenters. The highest BCUT2D eigenvalue weighted by atomic mass is 32.1. The fourth-order valence-electron chi connectivity index (χ4n) is 1.93. The third-order valence-electron chi connectivity index (χ3n) is 2.82. The zero-order valence-electron chi connectivity index (χ0n) is 9.71. The molecule has 0 aliphatic carbocycles. The number of benzene rings is 1. The molecule has 0 atom stereocenters. The van der Waals surface area contributed by atoms with Crippen molar-refractivity contribution >= 4 is 23.4 Å². The fraction of sp³-hybridized carbons (Fsp3) is 0.154. The number of hydrogen-bond acceptors (Lipinski definition) is 5. The number of ether oxygens (including phenoxy) is 1. The lowest BCUT2D eigenvalue weighted by atomic mass is 9.97. The number of ketones is 1. The molecule has 0 amide bonds. The Morgan fingerprint density at radius 1 is 1.44 bits per heavy atom. The molecule has 0 spiro atoms. The fourth-order valence-corrected chi connectivity index (χ4v) is 2.34. The van der Waals surface area contributed by atoms with Crippen LogP contribution in [0.25, 0.3) is 6.08 Å². The van der Waals surface area contributed by atoms with E-state index in [4.69, 9.17) is 4.74 Å². The van der Waals surface area contributed by atoms with Gasteiger partial charge in [0.25, 0.3) is 0 Å². The third kappa shape index (κ3) is 1.82. The van der Waals surface area contributed by atoms with E-state index in [0.29, 0.717) is 22.6 Å². The average molecular weight is 258 g/mol. The highest BCUT2D eigenvalue weighted by Gasteiger charge is 2.24. The summed E-state index contributed by atoms with van der Waals surface area (Å²) in [5, 5.41) is 5.70. The molecule has 0 radical (unpaired) electrons. The van der Waals surface area contributed by atoms with Gasteiger partial charge in [0, 0.05) is 11.0 Å². The summed E-state index contributed by atoms with van der Waals surface area (Å²) < 4.78 is 9.42. The maximum Gasteiger partial charge on any atom is 0.196 e. The van der Waals surface area contributed by atoms with Crippen molar-refractivity contribution < 1.29 is 9.53 Å². The van der Waals surface area contributed by atoms with E-state index in [1.807, 2.05) is 19.1 Å². The molecule has 0 bridgehead atoms. The van der Waals surface area contributed by atoms with E-state index in [1.54, 1.807) is 17.5 Å². The Hall–Kier alpha value is -2.01. The lowest BCUT2D eigenvalue weighted by molar-refractivity contribution is 0.100. The van der Waals surface area contributed by atoms with Gasteiger partial charge in [-0.2, -0.15) is 0 Å². The topological polar surface area (TPSA) is 52.1 Å².